The van der Waals surface area contributed by atoms with Crippen LogP contribution in [0.25, 0.3) is 0 Å². The number of phenolic OH excluding ortho intramolecular Hbond substituents is 2. The Kier molecular flexibility index (Phi) is 2.00. The van der Waals surface area contributed by atoms with E-state index in [1.165, 1.54) is 7.11 Å². The van der Waals surface area contributed by atoms with E-state index < -0.39 is 0 Å². The average molecular weight is 196 g/mol. The fourth-order valence-electron chi connectivity index (χ4n) is 1.73. The third-order valence-corrected chi connectivity index (χ3v) is 2.48. The smallest absolute Gasteiger partial charge is 0.200 e. The van der Waals surface area contributed by atoms with Crippen molar-refractivity contribution in [1.29, 1.82) is 0 Å². The summed E-state index contributed by atoms with van der Waals surface area (Å²) >= 11 is 0. The summed E-state index contributed by atoms with van der Waals surface area (Å²) in [6, 6.07) is 1.69. The molecule has 0 aromatic heterocycles. The molecule has 1 aromatic rings. The minimum Gasteiger partial charge on any atom is -0.504 e. The molecule has 1 heterocycles. The third kappa shape index (κ3) is 1.11. The zero-order valence-corrected chi connectivity index (χ0v) is 8.07. The molecular weight excluding hydrogens is 184 g/mol. The summed E-state index contributed by atoms with van der Waals surface area (Å²) < 4.78 is 10.3. The highest BCUT2D eigenvalue weighted by molar-refractivity contribution is 5.58. The quantitative estimate of drug-likeness (QED) is 0.671. The number of phenols is 2. The molecule has 2 N–H and O–H groups in total. The average Bonchev–Trinajstić information content (AvgIpc) is 2.54. The molecule has 2 rings (SSSR count). The highest BCUT2D eigenvalue weighted by Crippen LogP contribution is 2.46. The molecule has 76 valence electrons. The topological polar surface area (TPSA) is 58.9 Å². The van der Waals surface area contributed by atoms with Crippen molar-refractivity contribution in [1.82, 2.24) is 0 Å². The van der Waals surface area contributed by atoms with E-state index in [0.29, 0.717) is 12.2 Å². The first-order valence-electron chi connectivity index (χ1n) is 4.38. The largest absolute Gasteiger partial charge is 0.504 e. The normalized spacial score (nSPS) is 19.4. The van der Waals surface area contributed by atoms with E-state index >= 15 is 0 Å². The Morgan fingerprint density at radius 1 is 1.43 bits per heavy atom. The van der Waals surface area contributed by atoms with Gasteiger partial charge in [-0.15, -0.1) is 0 Å². The standard InChI is InChI=1S/C10H12O4/c1-5-8-6(4-14-5)3-7(13-2)9(11)10(8)12/h3,5,11-12H,4H2,1-2H3. The minimum atomic E-state index is -0.219. The van der Waals surface area contributed by atoms with Crippen molar-refractivity contribution < 1.29 is 19.7 Å². The van der Waals surface area contributed by atoms with Crippen LogP contribution in [0.15, 0.2) is 6.07 Å². The van der Waals surface area contributed by atoms with Crippen LogP contribution in [0.3, 0.4) is 0 Å². The second kappa shape index (κ2) is 3.06. The number of hydrogen-bond donors (Lipinski definition) is 2. The highest BCUT2D eigenvalue weighted by Gasteiger charge is 2.27. The second-order valence-electron chi connectivity index (χ2n) is 3.30. The van der Waals surface area contributed by atoms with Gasteiger partial charge in [-0.3, -0.25) is 0 Å². The summed E-state index contributed by atoms with van der Waals surface area (Å²) in [5.41, 5.74) is 1.52. The lowest BCUT2D eigenvalue weighted by Gasteiger charge is -2.10. The van der Waals surface area contributed by atoms with Crippen molar-refractivity contribution >= 4 is 0 Å². The number of fused-ring (bicyclic) bond motifs is 1. The Morgan fingerprint density at radius 3 is 2.79 bits per heavy atom. The van der Waals surface area contributed by atoms with Crippen molar-refractivity contribution in [3.63, 3.8) is 0 Å². The first-order valence-corrected chi connectivity index (χ1v) is 4.38. The van der Waals surface area contributed by atoms with E-state index in [0.717, 1.165) is 5.56 Å². The van der Waals surface area contributed by atoms with E-state index in [-0.39, 0.29) is 23.4 Å². The minimum absolute atomic E-state index is 0.135. The van der Waals surface area contributed by atoms with Crippen LogP contribution in [0.2, 0.25) is 0 Å². The van der Waals surface area contributed by atoms with E-state index in [9.17, 15) is 10.2 Å². The van der Waals surface area contributed by atoms with Gasteiger partial charge in [-0.2, -0.15) is 0 Å². The van der Waals surface area contributed by atoms with Crippen molar-refractivity contribution in [2.24, 2.45) is 0 Å². The molecule has 0 radical (unpaired) electrons. The maximum atomic E-state index is 9.69. The van der Waals surface area contributed by atoms with Gasteiger partial charge in [0.1, 0.15) is 0 Å². The fraction of sp³-hybridized carbons (Fsp3) is 0.400. The molecule has 1 aromatic carbocycles. The lowest BCUT2D eigenvalue weighted by molar-refractivity contribution is 0.0785. The molecule has 0 bridgehead atoms. The van der Waals surface area contributed by atoms with Gasteiger partial charge in [-0.1, -0.05) is 0 Å². The van der Waals surface area contributed by atoms with Crippen molar-refractivity contribution in [2.45, 2.75) is 19.6 Å². The van der Waals surface area contributed by atoms with E-state index in [1.54, 1.807) is 6.07 Å². The van der Waals surface area contributed by atoms with Crippen LogP contribution in [0.5, 0.6) is 17.2 Å². The Bertz CT molecular complexity index is 373. The van der Waals surface area contributed by atoms with Crippen LogP contribution in [0.1, 0.15) is 24.2 Å². The Morgan fingerprint density at radius 2 is 2.14 bits per heavy atom. The van der Waals surface area contributed by atoms with Gasteiger partial charge in [0.15, 0.2) is 11.5 Å². The summed E-state index contributed by atoms with van der Waals surface area (Å²) in [5.74, 6) is -0.0769. The van der Waals surface area contributed by atoms with E-state index in [1.807, 2.05) is 6.92 Å². The van der Waals surface area contributed by atoms with Crippen LogP contribution >= 0.6 is 0 Å². The molecule has 1 aliphatic rings. The molecule has 0 fully saturated rings. The van der Waals surface area contributed by atoms with Crippen molar-refractivity contribution in [3.8, 4) is 17.2 Å². The van der Waals surface area contributed by atoms with Crippen molar-refractivity contribution in [3.05, 3.63) is 17.2 Å². The van der Waals surface area contributed by atoms with Gasteiger partial charge < -0.3 is 19.7 Å². The third-order valence-electron chi connectivity index (χ3n) is 2.48. The van der Waals surface area contributed by atoms with E-state index in [4.69, 9.17) is 9.47 Å². The molecule has 0 spiro atoms. The molecule has 4 nitrogen and oxygen atoms in total. The number of ether oxygens (including phenoxy) is 2. The number of rotatable bonds is 1. The molecule has 1 atom stereocenters. The lowest BCUT2D eigenvalue weighted by atomic mass is 10.0. The Labute approximate surface area is 81.7 Å². The molecule has 4 heteroatoms. The van der Waals surface area contributed by atoms with Gasteiger partial charge in [0.25, 0.3) is 0 Å². The molecule has 14 heavy (non-hydrogen) atoms. The first kappa shape index (κ1) is 9.15. The lowest BCUT2D eigenvalue weighted by Crippen LogP contribution is -1.92. The molecule has 0 aliphatic carbocycles. The Balaban J connectivity index is 2.63. The van der Waals surface area contributed by atoms with Crippen LogP contribution in [0, 0.1) is 0 Å². The fourth-order valence-corrected chi connectivity index (χ4v) is 1.73. The number of methoxy groups -OCH3 is 1. The molecule has 1 aliphatic heterocycles. The van der Waals surface area contributed by atoms with Crippen LogP contribution < -0.4 is 4.74 Å². The molecular formula is C10H12O4. The van der Waals surface area contributed by atoms with Gasteiger partial charge in [-0.25, -0.2) is 0 Å². The summed E-state index contributed by atoms with van der Waals surface area (Å²) in [7, 11) is 1.44. The maximum absolute atomic E-state index is 9.69. The van der Waals surface area contributed by atoms with Gasteiger partial charge in [0, 0.05) is 5.56 Å². The van der Waals surface area contributed by atoms with E-state index in [2.05, 4.69) is 0 Å². The predicted molar refractivity (Wildman–Crippen MR) is 49.5 cm³/mol. The van der Waals surface area contributed by atoms with Gasteiger partial charge >= 0.3 is 0 Å². The zero-order valence-electron chi connectivity index (χ0n) is 8.07. The molecule has 0 saturated carbocycles. The van der Waals surface area contributed by atoms with Crippen LogP contribution in [-0.2, 0) is 11.3 Å². The number of hydrogen-bond acceptors (Lipinski definition) is 4. The maximum Gasteiger partial charge on any atom is 0.200 e. The SMILES string of the molecule is COc1cc2c(c(O)c1O)C(C)OC2. The molecule has 0 amide bonds. The summed E-state index contributed by atoms with van der Waals surface area (Å²) in [5, 5.41) is 19.2. The number of aromatic hydroxyl groups is 2. The molecule has 1 unspecified atom stereocenters. The van der Waals surface area contributed by atoms with Crippen LogP contribution in [-0.4, -0.2) is 17.3 Å². The second-order valence-corrected chi connectivity index (χ2v) is 3.30. The monoisotopic (exact) mass is 196 g/mol. The first-order chi connectivity index (χ1) is 6.65. The summed E-state index contributed by atoms with van der Waals surface area (Å²) in [4.78, 5) is 0. The van der Waals surface area contributed by atoms with Gasteiger partial charge in [0.2, 0.25) is 5.75 Å². The van der Waals surface area contributed by atoms with Crippen molar-refractivity contribution in [2.75, 3.05) is 7.11 Å². The molecule has 0 saturated heterocycles. The Hall–Kier alpha value is -1.42. The van der Waals surface area contributed by atoms with Gasteiger partial charge in [0.05, 0.1) is 19.8 Å². The highest BCUT2D eigenvalue weighted by atomic mass is 16.5. The summed E-state index contributed by atoms with van der Waals surface area (Å²) in [6.07, 6.45) is -0.179. The predicted octanol–water partition coefficient (Wildman–Crippen LogP) is 1.70. The van der Waals surface area contributed by atoms with Crippen LogP contribution in [0.4, 0.5) is 0 Å². The zero-order chi connectivity index (χ0) is 10.3. The summed E-state index contributed by atoms with van der Waals surface area (Å²) in [6.45, 7) is 2.28. The van der Waals surface area contributed by atoms with Gasteiger partial charge in [-0.05, 0) is 18.6 Å². The number of benzene rings is 1.